The molecule has 1 amide bonds. The number of nitrogens with one attached hydrogen (secondary N) is 1. The van der Waals surface area contributed by atoms with E-state index in [9.17, 15) is 18.0 Å². The average molecular weight is 438 g/mol. The second-order valence-corrected chi connectivity index (χ2v) is 9.01. The largest absolute Gasteiger partial charge is 0.416 e. The van der Waals surface area contributed by atoms with Gasteiger partial charge >= 0.3 is 6.18 Å². The average Bonchev–Trinajstić information content (AvgIpc) is 2.88. The van der Waals surface area contributed by atoms with Gasteiger partial charge in [0.1, 0.15) is 11.3 Å². The van der Waals surface area contributed by atoms with Gasteiger partial charge in [0.05, 0.1) is 16.1 Å². The van der Waals surface area contributed by atoms with Crippen molar-refractivity contribution in [2.45, 2.75) is 46.8 Å². The van der Waals surface area contributed by atoms with Crippen molar-refractivity contribution < 1.29 is 18.0 Å². The lowest BCUT2D eigenvalue weighted by Gasteiger charge is -2.17. The van der Waals surface area contributed by atoms with E-state index < -0.39 is 11.7 Å². The number of aryl methyl sites for hydroxylation is 1. The number of halogens is 4. The number of aromatic nitrogens is 2. The van der Waals surface area contributed by atoms with Crippen LogP contribution in [-0.2, 0) is 17.5 Å². The quantitative estimate of drug-likeness (QED) is 0.510. The van der Waals surface area contributed by atoms with Gasteiger partial charge in [0.2, 0.25) is 5.91 Å². The van der Waals surface area contributed by atoms with Gasteiger partial charge in [0.15, 0.2) is 0 Å². The minimum absolute atomic E-state index is 0.127. The van der Waals surface area contributed by atoms with Gasteiger partial charge in [-0.1, -0.05) is 44.5 Å². The van der Waals surface area contributed by atoms with Crippen molar-refractivity contribution in [1.82, 2.24) is 9.55 Å². The Labute approximate surface area is 178 Å². The Bertz CT molecular complexity index is 1080. The number of alkyl halides is 3. The van der Waals surface area contributed by atoms with E-state index in [1.165, 1.54) is 12.1 Å². The molecule has 8 heteroatoms. The van der Waals surface area contributed by atoms with Crippen LogP contribution in [0.1, 0.15) is 43.9 Å². The Kier molecular flexibility index (Phi) is 5.87. The molecule has 160 valence electrons. The Hall–Kier alpha value is -2.54. The number of carbonyl (C=O) groups is 1. The third kappa shape index (κ3) is 5.14. The van der Waals surface area contributed by atoms with Crippen molar-refractivity contribution in [3.05, 3.63) is 58.2 Å². The fraction of sp³-hybridized carbons (Fsp3) is 0.364. The van der Waals surface area contributed by atoms with Crippen LogP contribution in [0.5, 0.6) is 0 Å². The minimum Gasteiger partial charge on any atom is -0.340 e. The fourth-order valence-corrected chi connectivity index (χ4v) is 3.43. The molecule has 2 heterocycles. The number of nitrogens with zero attached hydrogens (tertiary/aromatic N) is 2. The molecule has 0 aliphatic rings. The van der Waals surface area contributed by atoms with Crippen LogP contribution in [0.25, 0.3) is 11.0 Å². The van der Waals surface area contributed by atoms with Crippen molar-refractivity contribution in [2.24, 2.45) is 5.41 Å². The number of rotatable bonds is 4. The van der Waals surface area contributed by atoms with Crippen LogP contribution in [-0.4, -0.2) is 15.5 Å². The van der Waals surface area contributed by atoms with Crippen molar-refractivity contribution in [2.75, 3.05) is 5.32 Å². The zero-order chi connectivity index (χ0) is 22.3. The van der Waals surface area contributed by atoms with E-state index in [2.05, 4.69) is 10.3 Å². The van der Waals surface area contributed by atoms with E-state index in [4.69, 9.17) is 11.6 Å². The molecule has 0 saturated carbocycles. The maximum atomic E-state index is 12.8. The van der Waals surface area contributed by atoms with Crippen molar-refractivity contribution >= 4 is 34.4 Å². The van der Waals surface area contributed by atoms with E-state index in [0.717, 1.165) is 23.2 Å². The molecule has 30 heavy (non-hydrogen) atoms. The highest BCUT2D eigenvalue weighted by Gasteiger charge is 2.30. The monoisotopic (exact) mass is 437 g/mol. The summed E-state index contributed by atoms with van der Waals surface area (Å²) >= 11 is 6.35. The Morgan fingerprint density at radius 1 is 1.17 bits per heavy atom. The predicted octanol–water partition coefficient (Wildman–Crippen LogP) is 6.44. The van der Waals surface area contributed by atoms with Crippen LogP contribution in [0, 0.1) is 12.3 Å². The summed E-state index contributed by atoms with van der Waals surface area (Å²) in [6.07, 6.45) is -2.32. The smallest absolute Gasteiger partial charge is 0.340 e. The number of benzene rings is 1. The van der Waals surface area contributed by atoms with Crippen LogP contribution in [0.15, 0.2) is 36.5 Å². The summed E-state index contributed by atoms with van der Waals surface area (Å²) in [5, 5.41) is 3.25. The van der Waals surface area contributed by atoms with Gasteiger partial charge < -0.3 is 9.88 Å². The van der Waals surface area contributed by atoms with Crippen LogP contribution >= 0.6 is 11.6 Å². The summed E-state index contributed by atoms with van der Waals surface area (Å²) in [6, 6.07) is 6.89. The molecule has 4 nitrogen and oxygen atoms in total. The topological polar surface area (TPSA) is 46.9 Å². The van der Waals surface area contributed by atoms with Gasteiger partial charge in [0, 0.05) is 19.2 Å². The fourth-order valence-electron chi connectivity index (χ4n) is 3.17. The highest BCUT2D eigenvalue weighted by molar-refractivity contribution is 6.35. The summed E-state index contributed by atoms with van der Waals surface area (Å²) < 4.78 is 40.1. The Morgan fingerprint density at radius 3 is 2.37 bits per heavy atom. The zero-order valence-electron chi connectivity index (χ0n) is 17.2. The SMILES string of the molecule is Cc1cc2c(nc1NC(=O)CC(C)(C)C)c(Cl)cn2Cc1ccc(C(F)(F)F)cc1. The first-order chi connectivity index (χ1) is 13.8. The van der Waals surface area contributed by atoms with Crippen LogP contribution in [0.4, 0.5) is 19.0 Å². The first-order valence-corrected chi connectivity index (χ1v) is 9.83. The van der Waals surface area contributed by atoms with Gasteiger partial charge in [-0.15, -0.1) is 0 Å². The van der Waals surface area contributed by atoms with Crippen molar-refractivity contribution in [3.63, 3.8) is 0 Å². The van der Waals surface area contributed by atoms with E-state index in [1.807, 2.05) is 38.3 Å². The predicted molar refractivity (Wildman–Crippen MR) is 113 cm³/mol. The molecule has 0 unspecified atom stereocenters. The zero-order valence-corrected chi connectivity index (χ0v) is 17.9. The van der Waals surface area contributed by atoms with Crippen LogP contribution < -0.4 is 5.32 Å². The number of fused-ring (bicyclic) bond motifs is 1. The summed E-state index contributed by atoms with van der Waals surface area (Å²) in [4.78, 5) is 16.8. The molecule has 0 fully saturated rings. The third-order valence-electron chi connectivity index (χ3n) is 4.58. The lowest BCUT2D eigenvalue weighted by Crippen LogP contribution is -2.20. The molecular formula is C22H23ClF3N3O. The molecule has 3 aromatic rings. The normalized spacial score (nSPS) is 12.4. The van der Waals surface area contributed by atoms with E-state index in [-0.39, 0.29) is 11.3 Å². The summed E-state index contributed by atoms with van der Waals surface area (Å²) in [5.41, 5.74) is 1.91. The van der Waals surface area contributed by atoms with Crippen molar-refractivity contribution in [1.29, 1.82) is 0 Å². The number of pyridine rings is 1. The highest BCUT2D eigenvalue weighted by Crippen LogP contribution is 2.31. The van der Waals surface area contributed by atoms with Gasteiger partial charge in [-0.3, -0.25) is 4.79 Å². The summed E-state index contributed by atoms with van der Waals surface area (Å²) in [7, 11) is 0. The number of hydrogen-bond acceptors (Lipinski definition) is 2. The van der Waals surface area contributed by atoms with Crippen molar-refractivity contribution in [3.8, 4) is 0 Å². The highest BCUT2D eigenvalue weighted by atomic mass is 35.5. The molecule has 2 aromatic heterocycles. The molecule has 3 rings (SSSR count). The van der Waals surface area contributed by atoms with Crippen LogP contribution in [0.2, 0.25) is 5.02 Å². The third-order valence-corrected chi connectivity index (χ3v) is 4.86. The number of carbonyl (C=O) groups excluding carboxylic acids is 1. The summed E-state index contributed by atoms with van der Waals surface area (Å²) in [5.74, 6) is 0.323. The summed E-state index contributed by atoms with van der Waals surface area (Å²) in [6.45, 7) is 8.12. The van der Waals surface area contributed by atoms with E-state index >= 15 is 0 Å². The molecule has 0 bridgehead atoms. The first kappa shape index (κ1) is 22.2. The molecule has 0 aliphatic carbocycles. The lowest BCUT2D eigenvalue weighted by atomic mass is 9.92. The van der Waals surface area contributed by atoms with Crippen LogP contribution in [0.3, 0.4) is 0 Å². The lowest BCUT2D eigenvalue weighted by molar-refractivity contribution is -0.137. The molecule has 1 N–H and O–H groups in total. The number of hydrogen-bond donors (Lipinski definition) is 1. The van der Waals surface area contributed by atoms with Gasteiger partial charge in [-0.25, -0.2) is 4.98 Å². The molecule has 1 aromatic carbocycles. The van der Waals surface area contributed by atoms with Gasteiger partial charge in [-0.05, 0) is 41.7 Å². The Morgan fingerprint density at radius 2 is 1.80 bits per heavy atom. The maximum absolute atomic E-state index is 12.8. The Balaban J connectivity index is 1.88. The molecular weight excluding hydrogens is 415 g/mol. The molecule has 0 saturated heterocycles. The van der Waals surface area contributed by atoms with E-state index in [1.54, 1.807) is 6.20 Å². The molecule has 0 aliphatic heterocycles. The second kappa shape index (κ2) is 7.95. The van der Waals surface area contributed by atoms with Gasteiger partial charge in [-0.2, -0.15) is 13.2 Å². The first-order valence-electron chi connectivity index (χ1n) is 9.45. The molecule has 0 spiro atoms. The number of amides is 1. The van der Waals surface area contributed by atoms with Gasteiger partial charge in [0.25, 0.3) is 0 Å². The second-order valence-electron chi connectivity index (χ2n) is 8.61. The maximum Gasteiger partial charge on any atom is 0.416 e. The molecule has 0 atom stereocenters. The number of anilines is 1. The minimum atomic E-state index is -4.36. The standard InChI is InChI=1S/C22H23ClF3N3O/c1-13-9-17-19(28-20(13)27-18(30)10-21(2,3)4)16(23)12-29(17)11-14-5-7-15(8-6-14)22(24,25)26/h5-9,12H,10-11H2,1-4H3,(H,27,28,30). The molecule has 0 radical (unpaired) electrons. The van der Waals surface area contributed by atoms with E-state index in [0.29, 0.717) is 34.9 Å².